The molecule has 0 spiro atoms. The molecule has 2 rings (SSSR count). The summed E-state index contributed by atoms with van der Waals surface area (Å²) in [6, 6.07) is 12.7. The Kier molecular flexibility index (Phi) is 5.46. The van der Waals surface area contributed by atoms with Gasteiger partial charge in [0.15, 0.2) is 6.10 Å². The van der Waals surface area contributed by atoms with Crippen LogP contribution in [0.4, 0.5) is 5.69 Å². The van der Waals surface area contributed by atoms with Crippen LogP contribution in [0.1, 0.15) is 18.9 Å². The van der Waals surface area contributed by atoms with Crippen molar-refractivity contribution in [2.75, 3.05) is 4.72 Å². The molecule has 0 radical (unpaired) electrons. The summed E-state index contributed by atoms with van der Waals surface area (Å²) >= 11 is 0. The molecule has 7 heteroatoms. The van der Waals surface area contributed by atoms with E-state index in [0.717, 1.165) is 5.56 Å². The van der Waals surface area contributed by atoms with Gasteiger partial charge in [-0.3, -0.25) is 4.72 Å². The van der Waals surface area contributed by atoms with Gasteiger partial charge in [-0.2, -0.15) is 0 Å². The number of carboxylic acids is 1. The lowest BCUT2D eigenvalue weighted by Gasteiger charge is -2.16. The fourth-order valence-electron chi connectivity index (χ4n) is 2.07. The molecule has 2 aromatic carbocycles. The fourth-order valence-corrected chi connectivity index (χ4v) is 3.14. The highest BCUT2D eigenvalue weighted by molar-refractivity contribution is 7.92. The van der Waals surface area contributed by atoms with Crippen LogP contribution in [0.2, 0.25) is 0 Å². The van der Waals surface area contributed by atoms with Gasteiger partial charge in [-0.1, -0.05) is 31.2 Å². The zero-order valence-electron chi connectivity index (χ0n) is 13.4. The van der Waals surface area contributed by atoms with Gasteiger partial charge in [0.25, 0.3) is 10.0 Å². The van der Waals surface area contributed by atoms with Crippen molar-refractivity contribution in [1.82, 2.24) is 0 Å². The lowest BCUT2D eigenvalue weighted by atomic mass is 10.2. The minimum atomic E-state index is -3.72. The number of hydrogen-bond donors (Lipinski definition) is 2. The average molecular weight is 349 g/mol. The molecular weight excluding hydrogens is 330 g/mol. The number of carboxylic acid groups (broad SMARTS) is 1. The van der Waals surface area contributed by atoms with Gasteiger partial charge in [0.05, 0.1) is 10.6 Å². The smallest absolute Gasteiger partial charge is 0.344 e. The quantitative estimate of drug-likeness (QED) is 0.801. The predicted octanol–water partition coefficient (Wildman–Crippen LogP) is 3.04. The highest BCUT2D eigenvalue weighted by Crippen LogP contribution is 2.26. The van der Waals surface area contributed by atoms with E-state index >= 15 is 0 Å². The Morgan fingerprint density at radius 2 is 1.88 bits per heavy atom. The van der Waals surface area contributed by atoms with Crippen LogP contribution in [-0.2, 0) is 14.8 Å². The van der Waals surface area contributed by atoms with E-state index in [1.54, 1.807) is 44.2 Å². The van der Waals surface area contributed by atoms with Gasteiger partial charge in [-0.05, 0) is 37.1 Å². The summed E-state index contributed by atoms with van der Waals surface area (Å²) in [6.45, 7) is 3.47. The molecular formula is C17H19NO5S. The van der Waals surface area contributed by atoms with Crippen molar-refractivity contribution in [2.24, 2.45) is 0 Å². The van der Waals surface area contributed by atoms with Crippen LogP contribution >= 0.6 is 0 Å². The molecule has 1 unspecified atom stereocenters. The predicted molar refractivity (Wildman–Crippen MR) is 90.8 cm³/mol. The van der Waals surface area contributed by atoms with Crippen molar-refractivity contribution in [2.45, 2.75) is 31.3 Å². The Labute approximate surface area is 141 Å². The molecule has 0 amide bonds. The van der Waals surface area contributed by atoms with Crippen molar-refractivity contribution < 1.29 is 23.1 Å². The number of sulfonamides is 1. The zero-order chi connectivity index (χ0) is 17.7. The van der Waals surface area contributed by atoms with Crippen molar-refractivity contribution in [3.05, 3.63) is 54.1 Å². The lowest BCUT2D eigenvalue weighted by molar-refractivity contribution is -0.145. The van der Waals surface area contributed by atoms with Crippen LogP contribution in [0.25, 0.3) is 0 Å². The number of aryl methyl sites for hydroxylation is 1. The first-order chi connectivity index (χ1) is 11.3. The maximum atomic E-state index is 12.3. The standard InChI is InChI=1S/C17H19NO5S/c1-3-15(17(19)20)23-16-11-13(10-9-12(16)2)18-24(21,22)14-7-5-4-6-8-14/h4-11,15,18H,3H2,1-2H3,(H,19,20). The summed E-state index contributed by atoms with van der Waals surface area (Å²) in [5, 5.41) is 9.09. The van der Waals surface area contributed by atoms with Gasteiger partial charge < -0.3 is 9.84 Å². The first kappa shape index (κ1) is 17.8. The van der Waals surface area contributed by atoms with E-state index in [1.807, 2.05) is 0 Å². The zero-order valence-corrected chi connectivity index (χ0v) is 14.2. The monoisotopic (exact) mass is 349 g/mol. The third kappa shape index (κ3) is 4.26. The van der Waals surface area contributed by atoms with Gasteiger partial charge in [0, 0.05) is 6.07 Å². The molecule has 24 heavy (non-hydrogen) atoms. The molecule has 0 fully saturated rings. The maximum Gasteiger partial charge on any atom is 0.344 e. The number of carbonyl (C=O) groups is 1. The van der Waals surface area contributed by atoms with E-state index in [-0.39, 0.29) is 4.90 Å². The first-order valence-corrected chi connectivity index (χ1v) is 8.90. The van der Waals surface area contributed by atoms with Gasteiger partial charge in [-0.25, -0.2) is 13.2 Å². The molecule has 6 nitrogen and oxygen atoms in total. The molecule has 0 aromatic heterocycles. The Morgan fingerprint density at radius 1 is 1.21 bits per heavy atom. The minimum absolute atomic E-state index is 0.144. The molecule has 128 valence electrons. The highest BCUT2D eigenvalue weighted by Gasteiger charge is 2.19. The number of anilines is 1. The largest absolute Gasteiger partial charge is 0.479 e. The maximum absolute atomic E-state index is 12.3. The van der Waals surface area contributed by atoms with E-state index < -0.39 is 22.1 Å². The molecule has 0 bridgehead atoms. The van der Waals surface area contributed by atoms with Crippen molar-refractivity contribution in [1.29, 1.82) is 0 Å². The molecule has 0 heterocycles. The van der Waals surface area contributed by atoms with E-state index in [2.05, 4.69) is 4.72 Å². The van der Waals surface area contributed by atoms with Gasteiger partial charge in [0.1, 0.15) is 5.75 Å². The fraction of sp³-hybridized carbons (Fsp3) is 0.235. The molecule has 2 N–H and O–H groups in total. The SMILES string of the molecule is CCC(Oc1cc(NS(=O)(=O)c2ccccc2)ccc1C)C(=O)O. The minimum Gasteiger partial charge on any atom is -0.479 e. The van der Waals surface area contributed by atoms with Gasteiger partial charge >= 0.3 is 5.97 Å². The second-order valence-corrected chi connectivity index (χ2v) is 6.93. The summed E-state index contributed by atoms with van der Waals surface area (Å²) in [4.78, 5) is 11.3. The summed E-state index contributed by atoms with van der Waals surface area (Å²) in [6.07, 6.45) is -0.681. The molecule has 0 aliphatic carbocycles. The number of rotatable bonds is 7. The molecule has 0 saturated carbocycles. The molecule has 0 saturated heterocycles. The van der Waals surface area contributed by atoms with Crippen LogP contribution in [0.5, 0.6) is 5.75 Å². The van der Waals surface area contributed by atoms with E-state index in [1.165, 1.54) is 18.2 Å². The van der Waals surface area contributed by atoms with Crippen LogP contribution in [-0.4, -0.2) is 25.6 Å². The number of ether oxygens (including phenoxy) is 1. The highest BCUT2D eigenvalue weighted by atomic mass is 32.2. The Balaban J connectivity index is 2.27. The first-order valence-electron chi connectivity index (χ1n) is 7.41. The molecule has 0 aliphatic heterocycles. The van der Waals surface area contributed by atoms with Gasteiger partial charge in [-0.15, -0.1) is 0 Å². The Hall–Kier alpha value is -2.54. The summed E-state index contributed by atoms with van der Waals surface area (Å²) < 4.78 is 32.6. The van der Waals surface area contributed by atoms with E-state index in [9.17, 15) is 13.2 Å². The third-order valence-electron chi connectivity index (χ3n) is 3.41. The lowest BCUT2D eigenvalue weighted by Crippen LogP contribution is -2.26. The molecule has 0 aliphatic rings. The third-order valence-corrected chi connectivity index (χ3v) is 4.81. The summed E-state index contributed by atoms with van der Waals surface area (Å²) in [5.74, 6) is -0.732. The number of aliphatic carboxylic acids is 1. The Morgan fingerprint density at radius 3 is 2.46 bits per heavy atom. The number of benzene rings is 2. The number of hydrogen-bond acceptors (Lipinski definition) is 4. The Bertz CT molecular complexity index is 818. The topological polar surface area (TPSA) is 92.7 Å². The molecule has 1 atom stereocenters. The van der Waals surface area contributed by atoms with Crippen molar-refractivity contribution in [3.8, 4) is 5.75 Å². The van der Waals surface area contributed by atoms with E-state index in [4.69, 9.17) is 9.84 Å². The van der Waals surface area contributed by atoms with Crippen LogP contribution in [0, 0.1) is 6.92 Å². The van der Waals surface area contributed by atoms with Crippen LogP contribution in [0.3, 0.4) is 0 Å². The summed E-state index contributed by atoms with van der Waals surface area (Å²) in [5.41, 5.74) is 1.03. The van der Waals surface area contributed by atoms with Crippen LogP contribution in [0.15, 0.2) is 53.4 Å². The van der Waals surface area contributed by atoms with E-state index in [0.29, 0.717) is 17.9 Å². The number of nitrogens with one attached hydrogen (secondary N) is 1. The molecule has 2 aromatic rings. The van der Waals surface area contributed by atoms with Crippen molar-refractivity contribution in [3.63, 3.8) is 0 Å². The summed E-state index contributed by atoms with van der Waals surface area (Å²) in [7, 11) is -3.72. The average Bonchev–Trinajstić information content (AvgIpc) is 2.55. The van der Waals surface area contributed by atoms with Crippen molar-refractivity contribution >= 4 is 21.7 Å². The normalized spacial score (nSPS) is 12.4. The van der Waals surface area contributed by atoms with Gasteiger partial charge in [0.2, 0.25) is 0 Å². The second kappa shape index (κ2) is 7.35. The van der Waals surface area contributed by atoms with Crippen LogP contribution < -0.4 is 9.46 Å². The second-order valence-electron chi connectivity index (χ2n) is 5.25.